The van der Waals surface area contributed by atoms with Crippen LogP contribution in [0.15, 0.2) is 53.4 Å². The molecule has 0 spiro atoms. The van der Waals surface area contributed by atoms with Gasteiger partial charge in [-0.1, -0.05) is 38.1 Å². The van der Waals surface area contributed by atoms with Crippen molar-refractivity contribution in [3.8, 4) is 5.75 Å². The average Bonchev–Trinajstić information content (AvgIpc) is 3.04. The fourth-order valence-electron chi connectivity index (χ4n) is 3.89. The lowest BCUT2D eigenvalue weighted by molar-refractivity contribution is -0.141. The average molecular weight is 502 g/mol. The Labute approximate surface area is 206 Å². The lowest BCUT2D eigenvalue weighted by Gasteiger charge is -2.32. The number of ether oxygens (including phenoxy) is 1. The van der Waals surface area contributed by atoms with Crippen LogP contribution in [0.3, 0.4) is 0 Å². The number of benzene rings is 2. The monoisotopic (exact) mass is 501 g/mol. The third-order valence-corrected chi connectivity index (χ3v) is 7.88. The van der Waals surface area contributed by atoms with E-state index in [4.69, 9.17) is 4.74 Å². The molecule has 2 atom stereocenters. The Hall–Kier alpha value is -3.40. The number of nitrogens with one attached hydrogen (secondary N) is 1. The molecule has 35 heavy (non-hydrogen) atoms. The summed E-state index contributed by atoms with van der Waals surface area (Å²) in [5.74, 6) is -1.09. The maximum absolute atomic E-state index is 13.5. The number of nitrogens with zero attached hydrogens (tertiary/aromatic N) is 2. The number of sulfonamides is 1. The summed E-state index contributed by atoms with van der Waals surface area (Å²) in [6.45, 7) is 4.95. The number of fused-ring (bicyclic) bond motifs is 1. The summed E-state index contributed by atoms with van der Waals surface area (Å²) in [5.41, 5.74) is 0.761. The summed E-state index contributed by atoms with van der Waals surface area (Å²) in [5, 5.41) is 2.90. The predicted octanol–water partition coefficient (Wildman–Crippen LogP) is 2.56. The van der Waals surface area contributed by atoms with E-state index in [1.165, 1.54) is 23.1 Å². The second-order valence-electron chi connectivity index (χ2n) is 8.42. The smallest absolute Gasteiger partial charge is 0.269 e. The first-order chi connectivity index (χ1) is 16.6. The van der Waals surface area contributed by atoms with Crippen LogP contribution < -0.4 is 10.1 Å². The van der Waals surface area contributed by atoms with E-state index in [1.54, 1.807) is 44.4 Å². The first-order valence-corrected chi connectivity index (χ1v) is 13.0. The Morgan fingerprint density at radius 1 is 1.06 bits per heavy atom. The zero-order chi connectivity index (χ0) is 25.8. The first kappa shape index (κ1) is 26.2. The van der Waals surface area contributed by atoms with E-state index in [9.17, 15) is 22.8 Å². The van der Waals surface area contributed by atoms with Gasteiger partial charge in [-0.05, 0) is 49.6 Å². The van der Waals surface area contributed by atoms with Crippen molar-refractivity contribution in [3.63, 3.8) is 0 Å². The van der Waals surface area contributed by atoms with Crippen LogP contribution in [0, 0.1) is 0 Å². The molecule has 0 radical (unpaired) electrons. The fraction of sp³-hybridized carbons (Fsp3) is 0.400. The highest BCUT2D eigenvalue weighted by Gasteiger charge is 2.43. The number of amides is 3. The second kappa shape index (κ2) is 10.9. The van der Waals surface area contributed by atoms with Crippen molar-refractivity contribution in [2.75, 3.05) is 13.7 Å². The van der Waals surface area contributed by atoms with Gasteiger partial charge in [0.05, 0.1) is 12.7 Å². The van der Waals surface area contributed by atoms with E-state index in [2.05, 4.69) is 5.32 Å². The molecule has 0 aromatic heterocycles. The quantitative estimate of drug-likeness (QED) is 0.535. The van der Waals surface area contributed by atoms with E-state index in [-0.39, 0.29) is 29.0 Å². The Kier molecular flexibility index (Phi) is 8.16. The van der Waals surface area contributed by atoms with Gasteiger partial charge in [-0.15, -0.1) is 0 Å². The highest BCUT2D eigenvalue weighted by atomic mass is 32.2. The van der Waals surface area contributed by atoms with Crippen molar-refractivity contribution < 1.29 is 27.5 Å². The van der Waals surface area contributed by atoms with Gasteiger partial charge in [0.25, 0.3) is 15.9 Å². The summed E-state index contributed by atoms with van der Waals surface area (Å²) >= 11 is 0. The molecule has 0 fully saturated rings. The van der Waals surface area contributed by atoms with Crippen LogP contribution in [-0.4, -0.2) is 61.1 Å². The van der Waals surface area contributed by atoms with Crippen molar-refractivity contribution in [1.29, 1.82) is 0 Å². The van der Waals surface area contributed by atoms with Crippen molar-refractivity contribution in [2.45, 2.75) is 57.1 Å². The fourth-order valence-corrected chi connectivity index (χ4v) is 5.41. The number of carbonyl (C=O) groups is 3. The highest BCUT2D eigenvalue weighted by Crippen LogP contribution is 2.30. The SMILES string of the molecule is CCC(C)NC(=O)C(CC)N(Cc1ccc(OC)cc1)C(=O)CN1C(=O)c2ccccc2S1(=O)=O. The summed E-state index contributed by atoms with van der Waals surface area (Å²) in [4.78, 5) is 40.7. The molecule has 188 valence electrons. The molecule has 0 aliphatic carbocycles. The van der Waals surface area contributed by atoms with E-state index >= 15 is 0 Å². The van der Waals surface area contributed by atoms with Crippen molar-refractivity contribution in [1.82, 2.24) is 14.5 Å². The zero-order valence-corrected chi connectivity index (χ0v) is 21.2. The normalized spacial score (nSPS) is 15.8. The van der Waals surface area contributed by atoms with E-state index < -0.39 is 34.4 Å². The number of rotatable bonds is 10. The van der Waals surface area contributed by atoms with Gasteiger partial charge in [0, 0.05) is 12.6 Å². The Balaban J connectivity index is 1.92. The third kappa shape index (κ3) is 5.48. The molecule has 1 N–H and O–H groups in total. The van der Waals surface area contributed by atoms with Gasteiger partial charge in [0.2, 0.25) is 11.8 Å². The van der Waals surface area contributed by atoms with E-state index in [1.807, 2.05) is 13.8 Å². The van der Waals surface area contributed by atoms with Crippen LogP contribution in [0.25, 0.3) is 0 Å². The number of methoxy groups -OCH3 is 1. The van der Waals surface area contributed by atoms with Crippen LogP contribution in [-0.2, 0) is 26.2 Å². The molecule has 1 heterocycles. The van der Waals surface area contributed by atoms with Crippen LogP contribution in [0.4, 0.5) is 0 Å². The zero-order valence-electron chi connectivity index (χ0n) is 20.4. The molecule has 10 heteroatoms. The van der Waals surface area contributed by atoms with Gasteiger partial charge in [-0.3, -0.25) is 14.4 Å². The molecule has 2 unspecified atom stereocenters. The van der Waals surface area contributed by atoms with E-state index in [0.717, 1.165) is 5.56 Å². The van der Waals surface area contributed by atoms with Gasteiger partial charge in [0.15, 0.2) is 0 Å². The minimum atomic E-state index is -4.16. The molecule has 0 saturated carbocycles. The van der Waals surface area contributed by atoms with E-state index in [0.29, 0.717) is 22.9 Å². The van der Waals surface area contributed by atoms with Crippen LogP contribution in [0.5, 0.6) is 5.75 Å². The van der Waals surface area contributed by atoms with Gasteiger partial charge in [0.1, 0.15) is 23.2 Å². The minimum Gasteiger partial charge on any atom is -0.497 e. The summed E-state index contributed by atoms with van der Waals surface area (Å²) < 4.78 is 31.7. The molecular weight excluding hydrogens is 470 g/mol. The maximum atomic E-state index is 13.5. The Bertz CT molecular complexity index is 1200. The van der Waals surface area contributed by atoms with Gasteiger partial charge in [-0.2, -0.15) is 0 Å². The number of hydrogen-bond acceptors (Lipinski definition) is 6. The standard InChI is InChI=1S/C25H31N3O6S/c1-5-17(3)26-24(30)21(6-2)27(15-18-11-13-19(34-4)14-12-18)23(29)16-28-25(31)20-9-7-8-10-22(20)35(28,32)33/h7-14,17,21H,5-6,15-16H2,1-4H3,(H,26,30). The molecule has 1 aliphatic rings. The lowest BCUT2D eigenvalue weighted by Crippen LogP contribution is -2.53. The summed E-state index contributed by atoms with van der Waals surface area (Å²) in [6, 6.07) is 11.9. The van der Waals surface area contributed by atoms with Crippen LogP contribution in [0.2, 0.25) is 0 Å². The maximum Gasteiger partial charge on any atom is 0.269 e. The Morgan fingerprint density at radius 3 is 2.29 bits per heavy atom. The number of carbonyl (C=O) groups excluding carboxylic acids is 3. The van der Waals surface area contributed by atoms with Crippen molar-refractivity contribution in [3.05, 3.63) is 59.7 Å². The molecule has 9 nitrogen and oxygen atoms in total. The second-order valence-corrected chi connectivity index (χ2v) is 10.3. The van der Waals surface area contributed by atoms with Crippen LogP contribution in [0.1, 0.15) is 49.5 Å². The molecule has 0 bridgehead atoms. The molecule has 3 rings (SSSR count). The third-order valence-electron chi connectivity index (χ3n) is 6.09. The van der Waals surface area contributed by atoms with Gasteiger partial charge in [-0.25, -0.2) is 12.7 Å². The topological polar surface area (TPSA) is 113 Å². The Morgan fingerprint density at radius 2 is 1.71 bits per heavy atom. The molecule has 2 aromatic carbocycles. The van der Waals surface area contributed by atoms with Crippen molar-refractivity contribution in [2.24, 2.45) is 0 Å². The molecule has 0 saturated heterocycles. The highest BCUT2D eigenvalue weighted by molar-refractivity contribution is 7.90. The van der Waals surface area contributed by atoms with Gasteiger partial charge >= 0.3 is 0 Å². The van der Waals surface area contributed by atoms with Crippen molar-refractivity contribution >= 4 is 27.7 Å². The summed E-state index contributed by atoms with van der Waals surface area (Å²) in [6.07, 6.45) is 1.03. The molecule has 3 amide bonds. The lowest BCUT2D eigenvalue weighted by atomic mass is 10.1. The predicted molar refractivity (Wildman–Crippen MR) is 130 cm³/mol. The molecule has 2 aromatic rings. The molecule has 1 aliphatic heterocycles. The first-order valence-electron chi connectivity index (χ1n) is 11.5. The largest absolute Gasteiger partial charge is 0.497 e. The minimum absolute atomic E-state index is 0.0311. The summed E-state index contributed by atoms with van der Waals surface area (Å²) in [7, 11) is -2.62. The number of hydrogen-bond donors (Lipinski definition) is 1. The molecular formula is C25H31N3O6S. The van der Waals surface area contributed by atoms with Crippen LogP contribution >= 0.6 is 0 Å². The van der Waals surface area contributed by atoms with Gasteiger partial charge < -0.3 is 15.0 Å².